The average Bonchev–Trinajstić information content (AvgIpc) is 2.64. The van der Waals surface area contributed by atoms with Gasteiger partial charge in [0.15, 0.2) is 0 Å². The molecule has 0 saturated heterocycles. The Kier molecular flexibility index (Phi) is 7.84. The van der Waals surface area contributed by atoms with Gasteiger partial charge >= 0.3 is 12.3 Å². The molecule has 3 N–H and O–H groups in total. The van der Waals surface area contributed by atoms with Crippen LogP contribution in [0.5, 0.6) is 5.75 Å². The lowest BCUT2D eigenvalue weighted by Gasteiger charge is -2.21. The molecule has 2 aromatic rings. The predicted octanol–water partition coefficient (Wildman–Crippen LogP) is 4.79. The summed E-state index contributed by atoms with van der Waals surface area (Å²) in [6.45, 7) is 4.80. The number of halogens is 3. The number of carboxylic acid groups (broad SMARTS) is 1. The van der Waals surface area contributed by atoms with Crippen molar-refractivity contribution in [3.8, 4) is 16.9 Å². The third-order valence-electron chi connectivity index (χ3n) is 4.21. The molecule has 0 aliphatic carbocycles. The van der Waals surface area contributed by atoms with Gasteiger partial charge in [0.2, 0.25) is 5.91 Å². The van der Waals surface area contributed by atoms with Crippen molar-refractivity contribution in [2.24, 2.45) is 5.92 Å². The fourth-order valence-corrected chi connectivity index (χ4v) is 3.02. The van der Waals surface area contributed by atoms with Crippen molar-refractivity contribution in [2.75, 3.05) is 11.9 Å². The van der Waals surface area contributed by atoms with Crippen molar-refractivity contribution in [1.29, 1.82) is 0 Å². The van der Waals surface area contributed by atoms with E-state index in [9.17, 15) is 22.8 Å². The highest BCUT2D eigenvalue weighted by atomic mass is 19.4. The second kappa shape index (κ2) is 10.1. The van der Waals surface area contributed by atoms with E-state index in [0.29, 0.717) is 12.0 Å². The van der Waals surface area contributed by atoms with Crippen LogP contribution in [0.25, 0.3) is 11.1 Å². The van der Waals surface area contributed by atoms with Crippen molar-refractivity contribution in [1.82, 2.24) is 10.3 Å². The summed E-state index contributed by atoms with van der Waals surface area (Å²) in [5.74, 6) is -0.409. The first-order valence-electron chi connectivity index (χ1n) is 9.53. The number of pyridine rings is 1. The SMILES string of the molecule is CC(=O)Nc1cc(-c2ccc(OCC(CC(C)C)NC(=O)O)c(C(F)(F)F)c2)ccn1. The molecule has 0 radical (unpaired) electrons. The van der Waals surface area contributed by atoms with E-state index < -0.39 is 29.6 Å². The van der Waals surface area contributed by atoms with Crippen LogP contribution in [0.4, 0.5) is 23.8 Å². The van der Waals surface area contributed by atoms with E-state index in [4.69, 9.17) is 9.84 Å². The quantitative estimate of drug-likeness (QED) is 0.549. The molecule has 0 aliphatic heterocycles. The first-order valence-corrected chi connectivity index (χ1v) is 9.53. The molecule has 7 nitrogen and oxygen atoms in total. The van der Waals surface area contributed by atoms with Crippen LogP contribution in [0, 0.1) is 5.92 Å². The van der Waals surface area contributed by atoms with E-state index in [1.807, 2.05) is 13.8 Å². The molecule has 1 heterocycles. The molecule has 2 rings (SSSR count). The first kappa shape index (κ1) is 24.0. The number of ether oxygens (including phenoxy) is 1. The van der Waals surface area contributed by atoms with Gasteiger partial charge in [-0.1, -0.05) is 19.9 Å². The summed E-state index contributed by atoms with van der Waals surface area (Å²) in [4.78, 5) is 26.1. The third kappa shape index (κ3) is 7.47. The minimum atomic E-state index is -4.69. The summed E-state index contributed by atoms with van der Waals surface area (Å²) in [7, 11) is 0. The van der Waals surface area contributed by atoms with Crippen molar-refractivity contribution >= 4 is 17.8 Å². The topological polar surface area (TPSA) is 101 Å². The van der Waals surface area contributed by atoms with Gasteiger partial charge in [0, 0.05) is 13.1 Å². The highest BCUT2D eigenvalue weighted by molar-refractivity contribution is 5.88. The molecule has 31 heavy (non-hydrogen) atoms. The largest absolute Gasteiger partial charge is 0.491 e. The maximum atomic E-state index is 13.7. The van der Waals surface area contributed by atoms with Crippen LogP contribution in [0.15, 0.2) is 36.5 Å². The van der Waals surface area contributed by atoms with Crippen LogP contribution in [-0.4, -0.2) is 34.7 Å². The molecule has 0 spiro atoms. The number of carbonyl (C=O) groups excluding carboxylic acids is 1. The number of carbonyl (C=O) groups is 2. The number of benzene rings is 1. The van der Waals surface area contributed by atoms with Gasteiger partial charge in [0.25, 0.3) is 0 Å². The van der Waals surface area contributed by atoms with Crippen LogP contribution in [-0.2, 0) is 11.0 Å². The smallest absolute Gasteiger partial charge is 0.419 e. The Labute approximate surface area is 177 Å². The summed E-state index contributed by atoms with van der Waals surface area (Å²) < 4.78 is 46.4. The zero-order valence-corrected chi connectivity index (χ0v) is 17.3. The van der Waals surface area contributed by atoms with Gasteiger partial charge in [-0.05, 0) is 47.7 Å². The summed E-state index contributed by atoms with van der Waals surface area (Å²) in [5, 5.41) is 13.7. The molecule has 1 atom stereocenters. The Balaban J connectivity index is 2.32. The number of aromatic nitrogens is 1. The van der Waals surface area contributed by atoms with Crippen LogP contribution in [0.3, 0.4) is 0 Å². The number of nitrogens with one attached hydrogen (secondary N) is 2. The zero-order valence-electron chi connectivity index (χ0n) is 17.3. The highest BCUT2D eigenvalue weighted by Gasteiger charge is 2.35. The van der Waals surface area contributed by atoms with Gasteiger partial charge in [-0.2, -0.15) is 13.2 Å². The fourth-order valence-electron chi connectivity index (χ4n) is 3.02. The molecule has 0 saturated carbocycles. The van der Waals surface area contributed by atoms with Crippen LogP contribution >= 0.6 is 0 Å². The van der Waals surface area contributed by atoms with Crippen molar-refractivity contribution in [2.45, 2.75) is 39.4 Å². The number of nitrogens with zero attached hydrogens (tertiary/aromatic N) is 1. The van der Waals surface area contributed by atoms with Crippen LogP contribution in [0.2, 0.25) is 0 Å². The van der Waals surface area contributed by atoms with Gasteiger partial charge in [-0.25, -0.2) is 9.78 Å². The summed E-state index contributed by atoms with van der Waals surface area (Å²) in [5.41, 5.74) is -0.293. The molecular weight excluding hydrogens is 415 g/mol. The average molecular weight is 439 g/mol. The van der Waals surface area contributed by atoms with Crippen molar-refractivity contribution in [3.05, 3.63) is 42.1 Å². The van der Waals surface area contributed by atoms with Crippen molar-refractivity contribution < 1.29 is 32.6 Å². The highest BCUT2D eigenvalue weighted by Crippen LogP contribution is 2.39. The molecular formula is C21H24F3N3O4. The Morgan fingerprint density at radius 1 is 1.16 bits per heavy atom. The summed E-state index contributed by atoms with van der Waals surface area (Å²) >= 11 is 0. The van der Waals surface area contributed by atoms with Crippen molar-refractivity contribution in [3.63, 3.8) is 0 Å². The van der Waals surface area contributed by atoms with E-state index in [0.717, 1.165) is 6.07 Å². The molecule has 1 aromatic heterocycles. The molecule has 10 heteroatoms. The van der Waals surface area contributed by atoms with Crippen LogP contribution < -0.4 is 15.4 Å². The Bertz CT molecular complexity index is 932. The normalized spacial score (nSPS) is 12.4. The van der Waals surface area contributed by atoms with Gasteiger partial charge in [0.1, 0.15) is 18.2 Å². The Hall–Kier alpha value is -3.30. The van der Waals surface area contributed by atoms with E-state index in [2.05, 4.69) is 15.6 Å². The monoisotopic (exact) mass is 439 g/mol. The number of hydrogen-bond donors (Lipinski definition) is 3. The molecule has 0 fully saturated rings. The number of anilines is 1. The van der Waals surface area contributed by atoms with Crippen LogP contribution in [0.1, 0.15) is 32.8 Å². The molecule has 0 bridgehead atoms. The Morgan fingerprint density at radius 3 is 2.42 bits per heavy atom. The van der Waals surface area contributed by atoms with Gasteiger partial charge in [0.05, 0.1) is 11.6 Å². The molecule has 168 valence electrons. The summed E-state index contributed by atoms with van der Waals surface area (Å²) in [6, 6.07) is 5.94. The number of rotatable bonds is 8. The van der Waals surface area contributed by atoms with E-state index in [1.165, 1.54) is 37.4 Å². The standard InChI is InChI=1S/C21H24F3N3O4/c1-12(2)8-16(27-20(29)30)11-31-18-5-4-14(9-17(18)21(22,23)24)15-6-7-25-19(10-15)26-13(3)28/h4-7,9-10,12,16,27H,8,11H2,1-3H3,(H,29,30)(H,25,26,28). The summed E-state index contributed by atoms with van der Waals surface area (Å²) in [6.07, 6.45) is -4.17. The number of hydrogen-bond acceptors (Lipinski definition) is 4. The lowest BCUT2D eigenvalue weighted by atomic mass is 10.0. The van der Waals surface area contributed by atoms with Gasteiger partial charge in [-0.15, -0.1) is 0 Å². The Morgan fingerprint density at radius 2 is 1.84 bits per heavy atom. The lowest BCUT2D eigenvalue weighted by Crippen LogP contribution is -2.39. The number of amides is 2. The fraction of sp³-hybridized carbons (Fsp3) is 0.381. The molecule has 0 aliphatic rings. The maximum absolute atomic E-state index is 13.7. The van der Waals surface area contributed by atoms with Gasteiger partial charge < -0.3 is 20.5 Å². The second-order valence-electron chi connectivity index (χ2n) is 7.41. The zero-order chi connectivity index (χ0) is 23.2. The van der Waals surface area contributed by atoms with Gasteiger partial charge in [-0.3, -0.25) is 4.79 Å². The third-order valence-corrected chi connectivity index (χ3v) is 4.21. The number of alkyl halides is 3. The van der Waals surface area contributed by atoms with E-state index in [1.54, 1.807) is 0 Å². The minimum Gasteiger partial charge on any atom is -0.491 e. The maximum Gasteiger partial charge on any atom is 0.419 e. The first-order chi connectivity index (χ1) is 14.5. The molecule has 2 amide bonds. The van der Waals surface area contributed by atoms with E-state index >= 15 is 0 Å². The minimum absolute atomic E-state index is 0.120. The molecule has 1 aromatic carbocycles. The lowest BCUT2D eigenvalue weighted by molar-refractivity contribution is -0.139. The second-order valence-corrected chi connectivity index (χ2v) is 7.41. The van der Waals surface area contributed by atoms with E-state index in [-0.39, 0.29) is 29.8 Å². The molecule has 1 unspecified atom stereocenters. The predicted molar refractivity (Wildman–Crippen MR) is 109 cm³/mol.